The summed E-state index contributed by atoms with van der Waals surface area (Å²) in [6, 6.07) is 10.9. The number of phenolic OH excluding ortho intramolecular Hbond substituents is 2. The van der Waals surface area contributed by atoms with Crippen molar-refractivity contribution in [3.8, 4) is 17.2 Å². The molecule has 2 aromatic rings. The molecular formula is C13H12O8S. The number of phenols is 2. The minimum Gasteiger partial charge on any atom is -0.508 e. The molecule has 0 amide bonds. The van der Waals surface area contributed by atoms with Crippen molar-refractivity contribution in [3.05, 3.63) is 54.1 Å². The Bertz CT molecular complexity index is 737. The maximum atomic E-state index is 10.6. The first-order valence-corrected chi connectivity index (χ1v) is 7.03. The molecule has 0 unspecified atom stereocenters. The molecule has 0 saturated heterocycles. The Morgan fingerprint density at radius 3 is 1.91 bits per heavy atom. The van der Waals surface area contributed by atoms with Crippen LogP contribution in [0.15, 0.2) is 48.5 Å². The highest BCUT2D eigenvalue weighted by Crippen LogP contribution is 2.19. The molecule has 0 aliphatic heterocycles. The number of carboxylic acids is 1. The van der Waals surface area contributed by atoms with E-state index in [1.54, 1.807) is 6.07 Å². The molecule has 0 heterocycles. The third-order valence-corrected chi connectivity index (χ3v) is 2.53. The Morgan fingerprint density at radius 2 is 1.50 bits per heavy atom. The number of hydrogen-bond donors (Lipinski definition) is 4. The van der Waals surface area contributed by atoms with Crippen molar-refractivity contribution in [2.24, 2.45) is 0 Å². The van der Waals surface area contributed by atoms with Crippen LogP contribution in [0.25, 0.3) is 0 Å². The van der Waals surface area contributed by atoms with Crippen LogP contribution in [0.4, 0.5) is 0 Å². The molecule has 22 heavy (non-hydrogen) atoms. The normalized spacial score (nSPS) is 10.2. The summed E-state index contributed by atoms with van der Waals surface area (Å²) in [4.78, 5) is 10.6. The zero-order valence-electron chi connectivity index (χ0n) is 10.9. The van der Waals surface area contributed by atoms with E-state index in [0.29, 0.717) is 0 Å². The highest BCUT2D eigenvalue weighted by Gasteiger charge is 2.15. The van der Waals surface area contributed by atoms with Crippen molar-refractivity contribution in [3.63, 3.8) is 0 Å². The molecule has 0 aliphatic carbocycles. The highest BCUT2D eigenvalue weighted by molar-refractivity contribution is 7.81. The lowest BCUT2D eigenvalue weighted by molar-refractivity contribution is 0.0695. The van der Waals surface area contributed by atoms with E-state index in [1.165, 1.54) is 30.3 Å². The second-order valence-corrected chi connectivity index (χ2v) is 4.85. The Morgan fingerprint density at radius 1 is 0.955 bits per heavy atom. The molecule has 2 rings (SSSR count). The molecule has 4 N–H and O–H groups in total. The zero-order chi connectivity index (χ0) is 16.8. The summed E-state index contributed by atoms with van der Waals surface area (Å²) in [5.74, 6) is -1.60. The fourth-order valence-corrected chi connectivity index (χ4v) is 1.69. The van der Waals surface area contributed by atoms with Gasteiger partial charge < -0.3 is 19.5 Å². The first kappa shape index (κ1) is 17.3. The lowest BCUT2D eigenvalue weighted by Gasteiger charge is -2.03. The summed E-state index contributed by atoms with van der Waals surface area (Å²) in [6.07, 6.45) is 0. The standard InChI is InChI=1S/C7H6O6S.C6H6O2/c8-7(9)5-3-1-2-4-6(5)13-14(10,11)12;7-5-2-1-3-6(8)4-5/h1-4H,(H,8,9)(H,10,11,12);1-4,7-8H. The molecule has 0 fully saturated rings. The third kappa shape index (κ3) is 6.11. The van der Waals surface area contributed by atoms with Gasteiger partial charge in [0.1, 0.15) is 17.1 Å². The van der Waals surface area contributed by atoms with E-state index in [-0.39, 0.29) is 17.1 Å². The van der Waals surface area contributed by atoms with E-state index in [0.717, 1.165) is 12.1 Å². The molecule has 8 nitrogen and oxygen atoms in total. The monoisotopic (exact) mass is 328 g/mol. The quantitative estimate of drug-likeness (QED) is 0.623. The minimum atomic E-state index is -4.70. The lowest BCUT2D eigenvalue weighted by Crippen LogP contribution is -2.10. The van der Waals surface area contributed by atoms with E-state index >= 15 is 0 Å². The fraction of sp³-hybridized carbons (Fsp3) is 0. The van der Waals surface area contributed by atoms with Crippen LogP contribution in [0.3, 0.4) is 0 Å². The van der Waals surface area contributed by atoms with Gasteiger partial charge in [-0.05, 0) is 24.3 Å². The highest BCUT2D eigenvalue weighted by atomic mass is 32.3. The topological polar surface area (TPSA) is 141 Å². The van der Waals surface area contributed by atoms with Crippen LogP contribution >= 0.6 is 0 Å². The molecule has 0 spiro atoms. The molecular weight excluding hydrogens is 316 g/mol. The molecule has 0 bridgehead atoms. The van der Waals surface area contributed by atoms with Crippen LogP contribution in [0.1, 0.15) is 10.4 Å². The molecule has 0 saturated carbocycles. The Kier molecular flexibility index (Phi) is 5.72. The van der Waals surface area contributed by atoms with Gasteiger partial charge in [0.05, 0.1) is 0 Å². The Balaban J connectivity index is 0.000000255. The molecule has 0 radical (unpaired) electrons. The number of hydrogen-bond acceptors (Lipinski definition) is 6. The molecule has 0 atom stereocenters. The zero-order valence-corrected chi connectivity index (χ0v) is 11.8. The second-order valence-electron chi connectivity index (χ2n) is 3.83. The van der Waals surface area contributed by atoms with Crippen LogP contribution in [0.2, 0.25) is 0 Å². The van der Waals surface area contributed by atoms with Gasteiger partial charge in [-0.15, -0.1) is 0 Å². The van der Waals surface area contributed by atoms with Crippen molar-refractivity contribution >= 4 is 16.4 Å². The van der Waals surface area contributed by atoms with E-state index in [4.69, 9.17) is 19.9 Å². The van der Waals surface area contributed by atoms with E-state index in [9.17, 15) is 13.2 Å². The summed E-state index contributed by atoms with van der Waals surface area (Å²) >= 11 is 0. The maximum Gasteiger partial charge on any atom is 0.446 e. The molecule has 0 aromatic heterocycles. The minimum absolute atomic E-state index is 0.0880. The largest absolute Gasteiger partial charge is 0.508 e. The Hall–Kier alpha value is -2.78. The molecule has 0 aliphatic rings. The summed E-state index contributed by atoms with van der Waals surface area (Å²) in [6.45, 7) is 0. The van der Waals surface area contributed by atoms with Gasteiger partial charge >= 0.3 is 16.4 Å². The fourth-order valence-electron chi connectivity index (χ4n) is 1.32. The average molecular weight is 328 g/mol. The van der Waals surface area contributed by atoms with Gasteiger partial charge in [-0.25, -0.2) is 4.79 Å². The van der Waals surface area contributed by atoms with E-state index < -0.39 is 22.1 Å². The van der Waals surface area contributed by atoms with Crippen molar-refractivity contribution in [2.45, 2.75) is 0 Å². The van der Waals surface area contributed by atoms with Crippen molar-refractivity contribution in [1.29, 1.82) is 0 Å². The lowest BCUT2D eigenvalue weighted by atomic mass is 10.2. The third-order valence-electron chi connectivity index (χ3n) is 2.14. The predicted molar refractivity (Wildman–Crippen MR) is 75.3 cm³/mol. The molecule has 118 valence electrons. The van der Waals surface area contributed by atoms with Gasteiger partial charge in [0.15, 0.2) is 5.75 Å². The summed E-state index contributed by atoms with van der Waals surface area (Å²) in [5.41, 5.74) is -0.342. The van der Waals surface area contributed by atoms with Crippen LogP contribution in [-0.4, -0.2) is 34.3 Å². The number of para-hydroxylation sites is 1. The number of aromatic hydroxyl groups is 2. The molecule has 9 heteroatoms. The van der Waals surface area contributed by atoms with Gasteiger partial charge in [0.2, 0.25) is 0 Å². The summed E-state index contributed by atoms with van der Waals surface area (Å²) < 4.78 is 33.0. The number of carbonyl (C=O) groups is 1. The number of rotatable bonds is 3. The van der Waals surface area contributed by atoms with Crippen LogP contribution < -0.4 is 4.18 Å². The van der Waals surface area contributed by atoms with Gasteiger partial charge in [0, 0.05) is 6.07 Å². The summed E-state index contributed by atoms with van der Waals surface area (Å²) in [5, 5.41) is 25.9. The second kappa shape index (κ2) is 7.29. The van der Waals surface area contributed by atoms with Gasteiger partial charge in [-0.1, -0.05) is 18.2 Å². The van der Waals surface area contributed by atoms with E-state index in [2.05, 4.69) is 4.18 Å². The van der Waals surface area contributed by atoms with Crippen molar-refractivity contribution < 1.29 is 37.3 Å². The van der Waals surface area contributed by atoms with Gasteiger partial charge in [-0.2, -0.15) is 8.42 Å². The summed E-state index contributed by atoms with van der Waals surface area (Å²) in [7, 11) is -4.70. The van der Waals surface area contributed by atoms with Gasteiger partial charge in [-0.3, -0.25) is 4.55 Å². The SMILES string of the molecule is O=C(O)c1ccccc1OS(=O)(=O)O.Oc1cccc(O)c1. The number of carboxylic acid groups (broad SMARTS) is 1. The van der Waals surface area contributed by atoms with E-state index in [1.807, 2.05) is 0 Å². The number of benzene rings is 2. The Labute approximate surface area is 125 Å². The predicted octanol–water partition coefficient (Wildman–Crippen LogP) is 1.66. The van der Waals surface area contributed by atoms with Crippen LogP contribution in [-0.2, 0) is 10.4 Å². The molecule has 2 aromatic carbocycles. The maximum absolute atomic E-state index is 10.6. The van der Waals surface area contributed by atoms with Crippen LogP contribution in [0, 0.1) is 0 Å². The number of aromatic carboxylic acids is 1. The van der Waals surface area contributed by atoms with Crippen molar-refractivity contribution in [1.82, 2.24) is 0 Å². The van der Waals surface area contributed by atoms with Gasteiger partial charge in [0.25, 0.3) is 0 Å². The smallest absolute Gasteiger partial charge is 0.446 e. The first-order chi connectivity index (χ1) is 10.2. The first-order valence-electron chi connectivity index (χ1n) is 5.66. The van der Waals surface area contributed by atoms with Crippen LogP contribution in [0.5, 0.6) is 17.2 Å². The van der Waals surface area contributed by atoms with Crippen molar-refractivity contribution in [2.75, 3.05) is 0 Å². The average Bonchev–Trinajstić information content (AvgIpc) is 2.37.